The fourth-order valence-corrected chi connectivity index (χ4v) is 2.72. The van der Waals surface area contributed by atoms with E-state index in [4.69, 9.17) is 0 Å². The van der Waals surface area contributed by atoms with Crippen molar-refractivity contribution in [2.45, 2.75) is 5.92 Å². The lowest BCUT2D eigenvalue weighted by Gasteiger charge is -2.15. The Hall–Kier alpha value is -2.03. The second-order valence-electron chi connectivity index (χ2n) is 4.07. The van der Waals surface area contributed by atoms with E-state index in [2.05, 4.69) is 0 Å². The average Bonchev–Trinajstić information content (AvgIpc) is 2.95. The second kappa shape index (κ2) is 5.76. The maximum atomic E-state index is 13.8. The highest BCUT2D eigenvalue weighted by Crippen LogP contribution is 2.35. The molecule has 0 fully saturated rings. The number of nitrogens with zero attached hydrogens (tertiary/aromatic N) is 1. The first-order valence-corrected chi connectivity index (χ1v) is 6.39. The number of benzene rings is 1. The van der Waals surface area contributed by atoms with E-state index < -0.39 is 52.0 Å². The summed E-state index contributed by atoms with van der Waals surface area (Å²) < 4.78 is 66.9. The van der Waals surface area contributed by atoms with Crippen molar-refractivity contribution in [3.63, 3.8) is 0 Å². The third kappa shape index (κ3) is 2.73. The van der Waals surface area contributed by atoms with E-state index in [1.165, 1.54) is 17.5 Å². The van der Waals surface area contributed by atoms with E-state index in [1.807, 2.05) is 0 Å². The van der Waals surface area contributed by atoms with Crippen molar-refractivity contribution in [1.82, 2.24) is 0 Å². The van der Waals surface area contributed by atoms with Crippen LogP contribution in [0.25, 0.3) is 0 Å². The summed E-state index contributed by atoms with van der Waals surface area (Å²) in [5.74, 6) is -12.2. The van der Waals surface area contributed by atoms with Gasteiger partial charge in [-0.1, -0.05) is 6.07 Å². The first-order chi connectivity index (χ1) is 9.84. The molecule has 9 heteroatoms. The van der Waals surface area contributed by atoms with Gasteiger partial charge in [0.05, 0.1) is 5.92 Å². The molecule has 1 aromatic heterocycles. The highest BCUT2D eigenvalue weighted by Gasteiger charge is 2.34. The minimum Gasteiger partial charge on any atom is -0.265 e. The highest BCUT2D eigenvalue weighted by molar-refractivity contribution is 7.10. The largest absolute Gasteiger partial charge is 0.265 e. The predicted molar refractivity (Wildman–Crippen MR) is 64.3 cm³/mol. The monoisotopic (exact) mass is 323 g/mol. The first kappa shape index (κ1) is 15.4. The molecule has 0 N–H and O–H groups in total. The zero-order chi connectivity index (χ0) is 15.7. The molecule has 112 valence electrons. The Morgan fingerprint density at radius 1 is 1.05 bits per heavy atom. The zero-order valence-corrected chi connectivity index (χ0v) is 10.9. The molecule has 0 saturated carbocycles. The molecule has 0 aliphatic carbocycles. The Morgan fingerprint density at radius 2 is 1.57 bits per heavy atom. The van der Waals surface area contributed by atoms with Crippen LogP contribution in [0.1, 0.15) is 16.4 Å². The number of nitro groups is 1. The fourth-order valence-electron chi connectivity index (χ4n) is 1.89. The van der Waals surface area contributed by atoms with Crippen molar-refractivity contribution in [3.05, 3.63) is 67.2 Å². The van der Waals surface area contributed by atoms with Gasteiger partial charge in [-0.25, -0.2) is 22.0 Å². The molecular formula is C12H6F5NO2S. The van der Waals surface area contributed by atoms with E-state index in [-0.39, 0.29) is 4.88 Å². The van der Waals surface area contributed by atoms with Crippen molar-refractivity contribution < 1.29 is 26.9 Å². The van der Waals surface area contributed by atoms with Crippen LogP contribution in [0.15, 0.2) is 17.5 Å². The van der Waals surface area contributed by atoms with Gasteiger partial charge in [0.1, 0.15) is 0 Å². The average molecular weight is 323 g/mol. The van der Waals surface area contributed by atoms with Crippen LogP contribution in [-0.2, 0) is 0 Å². The number of rotatable bonds is 4. The Balaban J connectivity index is 2.69. The molecule has 0 aliphatic rings. The Labute approximate surface area is 118 Å². The van der Waals surface area contributed by atoms with Crippen molar-refractivity contribution in [2.24, 2.45) is 0 Å². The third-order valence-corrected chi connectivity index (χ3v) is 3.80. The van der Waals surface area contributed by atoms with Gasteiger partial charge in [0, 0.05) is 15.4 Å². The molecule has 1 heterocycles. The molecular weight excluding hydrogens is 317 g/mol. The number of hydrogen-bond acceptors (Lipinski definition) is 3. The van der Waals surface area contributed by atoms with Crippen molar-refractivity contribution in [3.8, 4) is 0 Å². The first-order valence-electron chi connectivity index (χ1n) is 5.51. The molecule has 2 rings (SSSR count). The van der Waals surface area contributed by atoms with Gasteiger partial charge in [-0.15, -0.1) is 11.3 Å². The summed E-state index contributed by atoms with van der Waals surface area (Å²) in [7, 11) is 0. The summed E-state index contributed by atoms with van der Waals surface area (Å²) in [5, 5.41) is 12.1. The van der Waals surface area contributed by atoms with Gasteiger partial charge in [0.15, 0.2) is 23.3 Å². The zero-order valence-electron chi connectivity index (χ0n) is 10.1. The van der Waals surface area contributed by atoms with Crippen LogP contribution in [0.3, 0.4) is 0 Å². The van der Waals surface area contributed by atoms with Gasteiger partial charge < -0.3 is 0 Å². The fraction of sp³-hybridized carbons (Fsp3) is 0.167. The normalized spacial score (nSPS) is 12.4. The van der Waals surface area contributed by atoms with Crippen LogP contribution in [-0.4, -0.2) is 11.5 Å². The van der Waals surface area contributed by atoms with Crippen molar-refractivity contribution >= 4 is 11.3 Å². The lowest BCUT2D eigenvalue weighted by molar-refractivity contribution is -0.481. The number of halogens is 5. The van der Waals surface area contributed by atoms with Crippen LogP contribution in [0.5, 0.6) is 0 Å². The van der Waals surface area contributed by atoms with Crippen molar-refractivity contribution in [2.75, 3.05) is 6.54 Å². The summed E-state index contributed by atoms with van der Waals surface area (Å²) >= 11 is 0.925. The van der Waals surface area contributed by atoms with Gasteiger partial charge in [-0.05, 0) is 11.4 Å². The number of hydrogen-bond donors (Lipinski definition) is 0. The second-order valence-corrected chi connectivity index (χ2v) is 5.05. The standard InChI is InChI=1S/C12H6F5NO2S/c13-8-7(9(14)11(16)12(17)10(8)15)5(4-18(19)20)6-2-1-3-21-6/h1-3,5H,4H2. The van der Waals surface area contributed by atoms with E-state index in [1.54, 1.807) is 0 Å². The maximum Gasteiger partial charge on any atom is 0.215 e. The lowest BCUT2D eigenvalue weighted by atomic mass is 9.95. The number of thiophene rings is 1. The van der Waals surface area contributed by atoms with Crippen LogP contribution >= 0.6 is 11.3 Å². The predicted octanol–water partition coefficient (Wildman–Crippen LogP) is 3.85. The van der Waals surface area contributed by atoms with Crippen LogP contribution < -0.4 is 0 Å². The molecule has 0 spiro atoms. The van der Waals surface area contributed by atoms with Gasteiger partial charge in [-0.2, -0.15) is 0 Å². The molecule has 2 aromatic rings. The Bertz CT molecular complexity index is 660. The van der Waals surface area contributed by atoms with E-state index in [0.717, 1.165) is 11.3 Å². The molecule has 1 aromatic carbocycles. The van der Waals surface area contributed by atoms with Crippen molar-refractivity contribution in [1.29, 1.82) is 0 Å². The minimum atomic E-state index is -2.29. The molecule has 3 nitrogen and oxygen atoms in total. The summed E-state index contributed by atoms with van der Waals surface area (Å²) in [6.45, 7) is -0.987. The summed E-state index contributed by atoms with van der Waals surface area (Å²) in [4.78, 5) is 9.90. The van der Waals surface area contributed by atoms with E-state index in [0.29, 0.717) is 0 Å². The molecule has 0 bridgehead atoms. The molecule has 1 unspecified atom stereocenters. The quantitative estimate of drug-likeness (QED) is 0.282. The molecule has 0 aliphatic heterocycles. The molecule has 0 radical (unpaired) electrons. The summed E-state index contributed by atoms with van der Waals surface area (Å²) in [6.07, 6.45) is 0. The van der Waals surface area contributed by atoms with Gasteiger partial charge in [-0.3, -0.25) is 10.1 Å². The highest BCUT2D eigenvalue weighted by atomic mass is 32.1. The molecule has 0 amide bonds. The summed E-state index contributed by atoms with van der Waals surface area (Å²) in [6, 6.07) is 2.79. The Kier molecular flexibility index (Phi) is 4.21. The maximum absolute atomic E-state index is 13.8. The third-order valence-electron chi connectivity index (χ3n) is 2.81. The van der Waals surface area contributed by atoms with Gasteiger partial charge in [0.25, 0.3) is 0 Å². The van der Waals surface area contributed by atoms with E-state index >= 15 is 0 Å². The topological polar surface area (TPSA) is 43.1 Å². The SMILES string of the molecule is O=[N+]([O-])CC(c1cccs1)c1c(F)c(F)c(F)c(F)c1F. The van der Waals surface area contributed by atoms with Crippen LogP contribution in [0.4, 0.5) is 22.0 Å². The lowest BCUT2D eigenvalue weighted by Crippen LogP contribution is -2.18. The smallest absolute Gasteiger partial charge is 0.215 e. The summed E-state index contributed by atoms with van der Waals surface area (Å²) in [5.41, 5.74) is -1.19. The molecule has 0 saturated heterocycles. The van der Waals surface area contributed by atoms with Crippen LogP contribution in [0.2, 0.25) is 0 Å². The molecule has 1 atom stereocenters. The molecule has 21 heavy (non-hydrogen) atoms. The van der Waals surface area contributed by atoms with Gasteiger partial charge >= 0.3 is 0 Å². The Morgan fingerprint density at radius 3 is 2.00 bits per heavy atom. The minimum absolute atomic E-state index is 0.134. The van der Waals surface area contributed by atoms with Gasteiger partial charge in [0.2, 0.25) is 12.4 Å². The van der Waals surface area contributed by atoms with E-state index in [9.17, 15) is 32.1 Å². The van der Waals surface area contributed by atoms with Crippen LogP contribution in [0, 0.1) is 39.2 Å².